The summed E-state index contributed by atoms with van der Waals surface area (Å²) in [4.78, 5) is 13.2. The van der Waals surface area contributed by atoms with E-state index in [4.69, 9.17) is 16.3 Å². The van der Waals surface area contributed by atoms with Gasteiger partial charge in [0.1, 0.15) is 11.6 Å². The van der Waals surface area contributed by atoms with Crippen LogP contribution in [0.15, 0.2) is 77.9 Å². The van der Waals surface area contributed by atoms with E-state index in [1.165, 1.54) is 17.1 Å². The van der Waals surface area contributed by atoms with Crippen LogP contribution in [0.1, 0.15) is 33.9 Å². The standard InChI is InChI=1S/C23H18ClFN2O2/c1-29-16-12-10-15(11-13-16)21-14-22(17-6-2-4-8-19(17)24)27(26-21)23(28)18-7-3-5-9-20(18)25/h2-13,22H,14H2,1H3/t22-/m1/s1. The van der Waals surface area contributed by atoms with Crippen LogP contribution in [0.2, 0.25) is 5.02 Å². The molecule has 0 saturated heterocycles. The Bertz CT molecular complexity index is 1080. The van der Waals surface area contributed by atoms with Gasteiger partial charge in [0.05, 0.1) is 24.4 Å². The fourth-order valence-corrected chi connectivity index (χ4v) is 3.66. The predicted molar refractivity (Wildman–Crippen MR) is 111 cm³/mol. The van der Waals surface area contributed by atoms with Gasteiger partial charge in [-0.3, -0.25) is 4.79 Å². The molecule has 4 nitrogen and oxygen atoms in total. The summed E-state index contributed by atoms with van der Waals surface area (Å²) in [6.45, 7) is 0. The molecule has 1 amide bonds. The Labute approximate surface area is 173 Å². The van der Waals surface area contributed by atoms with E-state index < -0.39 is 17.8 Å². The predicted octanol–water partition coefficient (Wildman–Crippen LogP) is 5.48. The maximum Gasteiger partial charge on any atom is 0.277 e. The van der Waals surface area contributed by atoms with Crippen LogP contribution in [0, 0.1) is 5.82 Å². The minimum absolute atomic E-state index is 0.0238. The molecule has 3 aromatic carbocycles. The molecule has 6 heteroatoms. The van der Waals surface area contributed by atoms with Gasteiger partial charge < -0.3 is 4.74 Å². The number of ether oxygens (including phenoxy) is 1. The molecule has 29 heavy (non-hydrogen) atoms. The van der Waals surface area contributed by atoms with Crippen molar-refractivity contribution in [1.82, 2.24) is 5.01 Å². The monoisotopic (exact) mass is 408 g/mol. The van der Waals surface area contributed by atoms with Crippen LogP contribution >= 0.6 is 11.6 Å². The molecule has 1 aliphatic rings. The Morgan fingerprint density at radius 3 is 2.45 bits per heavy atom. The molecule has 0 bridgehead atoms. The second-order valence-corrected chi connectivity index (χ2v) is 7.05. The van der Waals surface area contributed by atoms with E-state index in [1.807, 2.05) is 42.5 Å². The van der Waals surface area contributed by atoms with Crippen molar-refractivity contribution in [3.8, 4) is 5.75 Å². The van der Waals surface area contributed by atoms with Crippen molar-refractivity contribution in [3.63, 3.8) is 0 Å². The number of carbonyl (C=O) groups excluding carboxylic acids is 1. The highest BCUT2D eigenvalue weighted by Crippen LogP contribution is 2.37. The van der Waals surface area contributed by atoms with Crippen molar-refractivity contribution in [3.05, 3.63) is 100 Å². The molecule has 1 heterocycles. The lowest BCUT2D eigenvalue weighted by molar-refractivity contribution is 0.0706. The molecule has 3 aromatic rings. The van der Waals surface area contributed by atoms with E-state index in [1.54, 1.807) is 25.3 Å². The average Bonchev–Trinajstić information content (AvgIpc) is 3.19. The van der Waals surface area contributed by atoms with Gasteiger partial charge in [-0.15, -0.1) is 0 Å². The Kier molecular flexibility index (Phi) is 5.32. The van der Waals surface area contributed by atoms with E-state index in [0.29, 0.717) is 11.4 Å². The van der Waals surface area contributed by atoms with Crippen LogP contribution < -0.4 is 4.74 Å². The van der Waals surface area contributed by atoms with Gasteiger partial charge in [-0.1, -0.05) is 41.9 Å². The summed E-state index contributed by atoms with van der Waals surface area (Å²) in [6, 6.07) is 20.3. The number of hydrogen-bond donors (Lipinski definition) is 0. The van der Waals surface area contributed by atoms with Crippen LogP contribution in [-0.2, 0) is 0 Å². The van der Waals surface area contributed by atoms with Gasteiger partial charge in [0.15, 0.2) is 0 Å². The largest absolute Gasteiger partial charge is 0.497 e. The van der Waals surface area contributed by atoms with Gasteiger partial charge in [-0.2, -0.15) is 5.10 Å². The van der Waals surface area contributed by atoms with Crippen LogP contribution in [0.25, 0.3) is 0 Å². The fraction of sp³-hybridized carbons (Fsp3) is 0.130. The maximum atomic E-state index is 14.3. The number of hydrogen-bond acceptors (Lipinski definition) is 3. The molecule has 0 radical (unpaired) electrons. The first-order chi connectivity index (χ1) is 14.1. The van der Waals surface area contributed by atoms with E-state index in [9.17, 15) is 9.18 Å². The Morgan fingerprint density at radius 1 is 1.07 bits per heavy atom. The van der Waals surface area contributed by atoms with Gasteiger partial charge in [-0.25, -0.2) is 9.40 Å². The third-order valence-electron chi connectivity index (χ3n) is 4.91. The quantitative estimate of drug-likeness (QED) is 0.573. The molecular weight excluding hydrogens is 391 g/mol. The first-order valence-electron chi connectivity index (χ1n) is 9.13. The zero-order valence-electron chi connectivity index (χ0n) is 15.7. The number of halogens is 2. The number of rotatable bonds is 4. The summed E-state index contributed by atoms with van der Waals surface area (Å²) >= 11 is 6.41. The molecule has 0 fully saturated rings. The van der Waals surface area contributed by atoms with Crippen molar-refractivity contribution in [2.45, 2.75) is 12.5 Å². The summed E-state index contributed by atoms with van der Waals surface area (Å²) in [7, 11) is 1.60. The van der Waals surface area contributed by atoms with E-state index in [2.05, 4.69) is 5.10 Å². The Balaban J connectivity index is 1.76. The first-order valence-corrected chi connectivity index (χ1v) is 9.50. The van der Waals surface area contributed by atoms with E-state index in [-0.39, 0.29) is 5.56 Å². The zero-order valence-corrected chi connectivity index (χ0v) is 16.4. The molecule has 0 unspecified atom stereocenters. The average molecular weight is 409 g/mol. The van der Waals surface area contributed by atoms with Gasteiger partial charge in [0.2, 0.25) is 0 Å². The molecule has 0 aromatic heterocycles. The minimum Gasteiger partial charge on any atom is -0.497 e. The highest BCUT2D eigenvalue weighted by molar-refractivity contribution is 6.31. The zero-order chi connectivity index (χ0) is 20.4. The third kappa shape index (κ3) is 3.74. The molecular formula is C23H18ClFN2O2. The summed E-state index contributed by atoms with van der Waals surface area (Å²) in [5, 5.41) is 6.43. The second kappa shape index (κ2) is 8.05. The van der Waals surface area contributed by atoms with E-state index >= 15 is 0 Å². The summed E-state index contributed by atoms with van der Waals surface area (Å²) in [5.74, 6) is -0.352. The van der Waals surface area contributed by atoms with Crippen LogP contribution in [0.4, 0.5) is 4.39 Å². The highest BCUT2D eigenvalue weighted by atomic mass is 35.5. The van der Waals surface area contributed by atoms with E-state index in [0.717, 1.165) is 22.6 Å². The molecule has 4 rings (SSSR count). The molecule has 1 atom stereocenters. The molecule has 146 valence electrons. The minimum atomic E-state index is -0.580. The topological polar surface area (TPSA) is 41.9 Å². The number of carbonyl (C=O) groups is 1. The number of amides is 1. The van der Waals surface area contributed by atoms with Crippen LogP contribution in [-0.4, -0.2) is 23.7 Å². The molecule has 0 N–H and O–H groups in total. The maximum absolute atomic E-state index is 14.3. The van der Waals surface area contributed by atoms with Gasteiger partial charge >= 0.3 is 0 Å². The van der Waals surface area contributed by atoms with Gasteiger partial charge in [-0.05, 0) is 53.6 Å². The number of hydrazone groups is 1. The third-order valence-corrected chi connectivity index (χ3v) is 5.25. The smallest absolute Gasteiger partial charge is 0.277 e. The molecule has 0 spiro atoms. The van der Waals surface area contributed by atoms with Crippen molar-refractivity contribution in [2.75, 3.05) is 7.11 Å². The highest BCUT2D eigenvalue weighted by Gasteiger charge is 2.35. The fourth-order valence-electron chi connectivity index (χ4n) is 3.40. The Hall–Kier alpha value is -3.18. The van der Waals surface area contributed by atoms with Crippen LogP contribution in [0.3, 0.4) is 0 Å². The molecule has 0 aliphatic carbocycles. The lowest BCUT2D eigenvalue weighted by Crippen LogP contribution is -2.28. The second-order valence-electron chi connectivity index (χ2n) is 6.65. The first kappa shape index (κ1) is 19.2. The van der Waals surface area contributed by atoms with Crippen LogP contribution in [0.5, 0.6) is 5.75 Å². The normalized spacial score (nSPS) is 15.9. The SMILES string of the molecule is COc1ccc(C2=NN(C(=O)c3ccccc3F)[C@@H](c3ccccc3Cl)C2)cc1. The summed E-state index contributed by atoms with van der Waals surface area (Å²) in [6.07, 6.45) is 0.469. The van der Waals surface area contributed by atoms with Crippen molar-refractivity contribution in [2.24, 2.45) is 5.10 Å². The number of methoxy groups -OCH3 is 1. The number of benzene rings is 3. The van der Waals surface area contributed by atoms with Crippen molar-refractivity contribution in [1.29, 1.82) is 0 Å². The summed E-state index contributed by atoms with van der Waals surface area (Å²) < 4.78 is 19.5. The molecule has 0 saturated carbocycles. The number of nitrogens with zero attached hydrogens (tertiary/aromatic N) is 2. The lowest BCUT2D eigenvalue weighted by atomic mass is 9.98. The Morgan fingerprint density at radius 2 is 1.76 bits per heavy atom. The van der Waals surface area contributed by atoms with Crippen molar-refractivity contribution >= 4 is 23.2 Å². The lowest BCUT2D eigenvalue weighted by Gasteiger charge is -2.23. The van der Waals surface area contributed by atoms with Gasteiger partial charge in [0, 0.05) is 11.4 Å². The molecule has 1 aliphatic heterocycles. The van der Waals surface area contributed by atoms with Crippen molar-refractivity contribution < 1.29 is 13.9 Å². The summed E-state index contributed by atoms with van der Waals surface area (Å²) in [5.41, 5.74) is 2.34. The van der Waals surface area contributed by atoms with Gasteiger partial charge in [0.25, 0.3) is 5.91 Å².